The van der Waals surface area contributed by atoms with Crippen molar-refractivity contribution in [3.63, 3.8) is 0 Å². The summed E-state index contributed by atoms with van der Waals surface area (Å²) >= 11 is 0. The predicted molar refractivity (Wildman–Crippen MR) is 56.3 cm³/mol. The number of urea groups is 1. The largest absolute Gasteiger partial charge is 0.480 e. The third-order valence-electron chi connectivity index (χ3n) is 2.01. The zero-order chi connectivity index (χ0) is 12.0. The highest BCUT2D eigenvalue weighted by Crippen LogP contribution is 1.97. The number of carboxylic acids is 1. The van der Waals surface area contributed by atoms with E-state index in [1.54, 1.807) is 7.05 Å². The van der Waals surface area contributed by atoms with Crippen molar-refractivity contribution in [3.05, 3.63) is 0 Å². The maximum atomic E-state index is 11.5. The van der Waals surface area contributed by atoms with E-state index < -0.39 is 18.0 Å². The average Bonchev–Trinajstić information content (AvgIpc) is 2.15. The molecule has 0 saturated heterocycles. The van der Waals surface area contributed by atoms with Crippen LogP contribution in [-0.2, 0) is 4.79 Å². The minimum Gasteiger partial charge on any atom is -0.480 e. The molecule has 5 heteroatoms. The molecule has 0 aliphatic rings. The van der Waals surface area contributed by atoms with Gasteiger partial charge in [0, 0.05) is 19.5 Å². The second-order valence-corrected chi connectivity index (χ2v) is 3.45. The molecule has 0 saturated carbocycles. The van der Waals surface area contributed by atoms with Crippen LogP contribution >= 0.6 is 0 Å². The third-order valence-corrected chi connectivity index (χ3v) is 2.01. The summed E-state index contributed by atoms with van der Waals surface area (Å²) in [6.07, 6.45) is 4.98. The van der Waals surface area contributed by atoms with E-state index in [9.17, 15) is 9.59 Å². The standard InChI is InChI=1S/C10H16N2O3/c1-5-6-8(9(13)14)11-10(15)12(4)7(2)3/h1,7-8H,6H2,2-4H3,(H,11,15)(H,13,14). The monoisotopic (exact) mass is 212 g/mol. The van der Waals surface area contributed by atoms with Gasteiger partial charge >= 0.3 is 12.0 Å². The number of amides is 2. The normalized spacial score (nSPS) is 11.7. The van der Waals surface area contributed by atoms with Crippen molar-refractivity contribution in [2.24, 2.45) is 0 Å². The molecule has 0 aromatic carbocycles. The molecule has 5 nitrogen and oxygen atoms in total. The summed E-state index contributed by atoms with van der Waals surface area (Å²) in [6, 6.07) is -1.46. The van der Waals surface area contributed by atoms with Crippen LogP contribution in [0.1, 0.15) is 20.3 Å². The van der Waals surface area contributed by atoms with Crippen LogP contribution in [0.3, 0.4) is 0 Å². The minimum absolute atomic E-state index is 0.00489. The van der Waals surface area contributed by atoms with Crippen LogP contribution in [0, 0.1) is 12.3 Å². The van der Waals surface area contributed by atoms with E-state index in [0.29, 0.717) is 0 Å². The predicted octanol–water partition coefficient (Wildman–Crippen LogP) is 0.513. The van der Waals surface area contributed by atoms with Gasteiger partial charge in [-0.3, -0.25) is 0 Å². The first-order chi connectivity index (χ1) is 6.90. The lowest BCUT2D eigenvalue weighted by Gasteiger charge is -2.23. The van der Waals surface area contributed by atoms with Crippen LogP contribution in [0.5, 0.6) is 0 Å². The molecule has 0 heterocycles. The van der Waals surface area contributed by atoms with Gasteiger partial charge in [-0.15, -0.1) is 12.3 Å². The van der Waals surface area contributed by atoms with Gasteiger partial charge in [-0.25, -0.2) is 9.59 Å². The van der Waals surface area contributed by atoms with Gasteiger partial charge in [-0.2, -0.15) is 0 Å². The number of rotatable bonds is 4. The Hall–Kier alpha value is -1.70. The SMILES string of the molecule is C#CCC(NC(=O)N(C)C(C)C)C(=O)O. The van der Waals surface area contributed by atoms with Crippen molar-refractivity contribution in [2.75, 3.05) is 7.05 Å². The van der Waals surface area contributed by atoms with Gasteiger partial charge in [0.1, 0.15) is 6.04 Å². The summed E-state index contributed by atoms with van der Waals surface area (Å²) in [4.78, 5) is 23.6. The molecule has 2 amide bonds. The van der Waals surface area contributed by atoms with Crippen molar-refractivity contribution in [3.8, 4) is 12.3 Å². The number of carbonyl (C=O) groups excluding carboxylic acids is 1. The molecule has 15 heavy (non-hydrogen) atoms. The van der Waals surface area contributed by atoms with Crippen LogP contribution < -0.4 is 5.32 Å². The van der Waals surface area contributed by atoms with Crippen molar-refractivity contribution in [2.45, 2.75) is 32.4 Å². The van der Waals surface area contributed by atoms with Crippen LogP contribution in [0.2, 0.25) is 0 Å². The Balaban J connectivity index is 4.36. The van der Waals surface area contributed by atoms with E-state index in [1.165, 1.54) is 4.90 Å². The Bertz CT molecular complexity index is 281. The van der Waals surface area contributed by atoms with E-state index >= 15 is 0 Å². The van der Waals surface area contributed by atoms with Gasteiger partial charge in [0.25, 0.3) is 0 Å². The number of hydrogen-bond donors (Lipinski definition) is 2. The lowest BCUT2D eigenvalue weighted by atomic mass is 10.2. The molecule has 2 N–H and O–H groups in total. The Morgan fingerprint density at radius 3 is 2.40 bits per heavy atom. The Morgan fingerprint density at radius 1 is 1.53 bits per heavy atom. The van der Waals surface area contributed by atoms with Crippen LogP contribution in [0.15, 0.2) is 0 Å². The lowest BCUT2D eigenvalue weighted by molar-refractivity contribution is -0.139. The van der Waals surface area contributed by atoms with Gasteiger partial charge in [-0.1, -0.05) is 0 Å². The van der Waals surface area contributed by atoms with Crippen LogP contribution in [0.25, 0.3) is 0 Å². The van der Waals surface area contributed by atoms with Gasteiger partial charge in [0.15, 0.2) is 0 Å². The topological polar surface area (TPSA) is 69.6 Å². The summed E-state index contributed by atoms with van der Waals surface area (Å²) in [5.41, 5.74) is 0. The molecule has 0 bridgehead atoms. The number of nitrogens with zero attached hydrogens (tertiary/aromatic N) is 1. The molecule has 0 aromatic rings. The summed E-state index contributed by atoms with van der Waals surface area (Å²) in [5.74, 6) is 1.08. The number of nitrogens with one attached hydrogen (secondary N) is 1. The van der Waals surface area contributed by atoms with Gasteiger partial charge in [-0.05, 0) is 13.8 Å². The Morgan fingerprint density at radius 2 is 2.07 bits per heavy atom. The first kappa shape index (κ1) is 13.3. The summed E-state index contributed by atoms with van der Waals surface area (Å²) in [6.45, 7) is 3.66. The molecular formula is C10H16N2O3. The van der Waals surface area contributed by atoms with E-state index in [4.69, 9.17) is 11.5 Å². The van der Waals surface area contributed by atoms with E-state index in [-0.39, 0.29) is 12.5 Å². The van der Waals surface area contributed by atoms with Crippen LogP contribution in [0.4, 0.5) is 4.79 Å². The molecule has 0 fully saturated rings. The zero-order valence-corrected chi connectivity index (χ0v) is 9.15. The van der Waals surface area contributed by atoms with E-state index in [2.05, 4.69) is 11.2 Å². The molecule has 0 rings (SSSR count). The van der Waals surface area contributed by atoms with Gasteiger partial charge in [0.05, 0.1) is 0 Å². The second-order valence-electron chi connectivity index (χ2n) is 3.45. The molecule has 0 spiro atoms. The quantitative estimate of drug-likeness (QED) is 0.667. The highest BCUT2D eigenvalue weighted by molar-refractivity contribution is 5.82. The number of terminal acetylenes is 1. The lowest BCUT2D eigenvalue weighted by Crippen LogP contribution is -2.48. The van der Waals surface area contributed by atoms with Crippen molar-refractivity contribution in [1.82, 2.24) is 10.2 Å². The molecule has 1 atom stereocenters. The smallest absolute Gasteiger partial charge is 0.327 e. The molecule has 84 valence electrons. The summed E-state index contributed by atoms with van der Waals surface area (Å²) in [7, 11) is 1.59. The first-order valence-corrected chi connectivity index (χ1v) is 4.59. The Labute approximate surface area is 89.4 Å². The minimum atomic E-state index is -1.13. The highest BCUT2D eigenvalue weighted by Gasteiger charge is 2.21. The molecule has 0 aromatic heterocycles. The van der Waals surface area contributed by atoms with E-state index in [1.807, 2.05) is 13.8 Å². The van der Waals surface area contributed by atoms with Gasteiger partial charge in [0.2, 0.25) is 0 Å². The van der Waals surface area contributed by atoms with Gasteiger partial charge < -0.3 is 15.3 Å². The first-order valence-electron chi connectivity index (χ1n) is 4.59. The maximum Gasteiger partial charge on any atom is 0.327 e. The zero-order valence-electron chi connectivity index (χ0n) is 9.15. The highest BCUT2D eigenvalue weighted by atomic mass is 16.4. The fourth-order valence-corrected chi connectivity index (χ4v) is 0.803. The van der Waals surface area contributed by atoms with Crippen LogP contribution in [-0.4, -0.2) is 41.1 Å². The fraction of sp³-hybridized carbons (Fsp3) is 0.600. The summed E-state index contributed by atoms with van der Waals surface area (Å²) < 4.78 is 0. The van der Waals surface area contributed by atoms with Crippen molar-refractivity contribution in [1.29, 1.82) is 0 Å². The van der Waals surface area contributed by atoms with Crippen molar-refractivity contribution >= 4 is 12.0 Å². The fourth-order valence-electron chi connectivity index (χ4n) is 0.803. The number of hydrogen-bond acceptors (Lipinski definition) is 2. The maximum absolute atomic E-state index is 11.5. The summed E-state index contributed by atoms with van der Waals surface area (Å²) in [5, 5.41) is 11.1. The number of aliphatic carboxylic acids is 1. The molecule has 0 radical (unpaired) electrons. The molecule has 0 aliphatic heterocycles. The molecule has 1 unspecified atom stereocenters. The average molecular weight is 212 g/mol. The number of carbonyl (C=O) groups is 2. The molecular weight excluding hydrogens is 196 g/mol. The molecule has 0 aliphatic carbocycles. The third kappa shape index (κ3) is 4.36. The van der Waals surface area contributed by atoms with E-state index in [0.717, 1.165) is 0 Å². The number of carboxylic acid groups (broad SMARTS) is 1. The Kier molecular flexibility index (Phi) is 5.24. The van der Waals surface area contributed by atoms with Crippen molar-refractivity contribution < 1.29 is 14.7 Å². The second kappa shape index (κ2) is 5.91.